The molecule has 33 heavy (non-hydrogen) atoms. The van der Waals surface area contributed by atoms with Crippen molar-refractivity contribution >= 4 is 17.9 Å². The van der Waals surface area contributed by atoms with Crippen LogP contribution in [0.3, 0.4) is 0 Å². The molecule has 1 saturated heterocycles. The Morgan fingerprint density at radius 1 is 1.00 bits per heavy atom. The minimum atomic E-state index is -1.25. The molecule has 1 aromatic carbocycles. The van der Waals surface area contributed by atoms with Crippen LogP contribution in [0.25, 0.3) is 0 Å². The zero-order valence-electron chi connectivity index (χ0n) is 18.9. The first kappa shape index (κ1) is 24.9. The first-order chi connectivity index (χ1) is 15.8. The Kier molecular flexibility index (Phi) is 8.60. The van der Waals surface area contributed by atoms with Gasteiger partial charge in [0, 0.05) is 7.11 Å². The molecule has 0 amide bonds. The number of hydrogen-bond donors (Lipinski definition) is 1. The van der Waals surface area contributed by atoms with Gasteiger partial charge in [-0.3, -0.25) is 9.59 Å². The molecule has 2 heterocycles. The number of methoxy groups -OCH3 is 1. The van der Waals surface area contributed by atoms with Gasteiger partial charge < -0.3 is 28.8 Å². The van der Waals surface area contributed by atoms with Crippen molar-refractivity contribution in [3.8, 4) is 0 Å². The topological polar surface area (TPSA) is 118 Å². The highest BCUT2D eigenvalue weighted by Crippen LogP contribution is 2.31. The minimum Gasteiger partial charge on any atom is -0.454 e. The summed E-state index contributed by atoms with van der Waals surface area (Å²) in [6.45, 7) is 2.89. The number of fused-ring (bicyclic) bond motifs is 1. The van der Waals surface area contributed by atoms with Crippen LogP contribution in [0.1, 0.15) is 37.0 Å². The van der Waals surface area contributed by atoms with Gasteiger partial charge in [-0.15, -0.1) is 0 Å². The quantitative estimate of drug-likeness (QED) is 0.407. The fourth-order valence-corrected chi connectivity index (χ4v) is 3.68. The van der Waals surface area contributed by atoms with Gasteiger partial charge in [0.2, 0.25) is 0 Å². The predicted molar refractivity (Wildman–Crippen MR) is 115 cm³/mol. The van der Waals surface area contributed by atoms with Crippen LogP contribution in [-0.2, 0) is 33.3 Å². The molecule has 3 rings (SSSR count). The third-order valence-corrected chi connectivity index (χ3v) is 5.71. The molecule has 1 aromatic rings. The van der Waals surface area contributed by atoms with E-state index in [1.165, 1.54) is 7.11 Å². The molecule has 2 aliphatic rings. The summed E-state index contributed by atoms with van der Waals surface area (Å²) in [5.41, 5.74) is 0.267. The highest BCUT2D eigenvalue weighted by atomic mass is 16.7. The Morgan fingerprint density at radius 2 is 1.58 bits per heavy atom. The molecular weight excluding hydrogens is 432 g/mol. The van der Waals surface area contributed by atoms with Crippen molar-refractivity contribution in [1.29, 1.82) is 0 Å². The monoisotopic (exact) mass is 462 g/mol. The number of ether oxygens (including phenoxy) is 5. The van der Waals surface area contributed by atoms with Gasteiger partial charge in [0.15, 0.2) is 24.6 Å². The third-order valence-electron chi connectivity index (χ3n) is 5.71. The first-order valence-electron chi connectivity index (χ1n) is 11.0. The van der Waals surface area contributed by atoms with E-state index in [0.717, 1.165) is 0 Å². The normalized spacial score (nSPS) is 33.0. The van der Waals surface area contributed by atoms with Gasteiger partial charge in [-0.1, -0.05) is 44.2 Å². The second-order valence-electron chi connectivity index (χ2n) is 8.25. The summed E-state index contributed by atoms with van der Waals surface area (Å²) in [4.78, 5) is 38.4. The highest BCUT2D eigenvalue weighted by Gasteiger charge is 2.53. The lowest BCUT2D eigenvalue weighted by molar-refractivity contribution is -0.301. The smallest absolute Gasteiger partial charge is 0.338 e. The lowest BCUT2D eigenvalue weighted by Gasteiger charge is -2.44. The van der Waals surface area contributed by atoms with E-state index < -0.39 is 67.1 Å². The molecule has 0 saturated carbocycles. The zero-order chi connectivity index (χ0) is 24.0. The molecule has 0 radical (unpaired) electrons. The van der Waals surface area contributed by atoms with Crippen molar-refractivity contribution in [3.63, 3.8) is 0 Å². The van der Waals surface area contributed by atoms with Crippen LogP contribution < -0.4 is 0 Å². The van der Waals surface area contributed by atoms with Crippen molar-refractivity contribution in [2.24, 2.45) is 11.8 Å². The van der Waals surface area contributed by atoms with Crippen LogP contribution >= 0.6 is 0 Å². The number of allylic oxidation sites excluding steroid dienone is 2. The summed E-state index contributed by atoms with van der Waals surface area (Å²) >= 11 is 0. The van der Waals surface area contributed by atoms with E-state index in [2.05, 4.69) is 0 Å². The molecule has 180 valence electrons. The molecular formula is C24H30O9. The number of hydrogen-bond acceptors (Lipinski definition) is 9. The van der Waals surface area contributed by atoms with E-state index in [1.54, 1.807) is 44.2 Å². The number of rotatable bonds is 4. The zero-order valence-corrected chi connectivity index (χ0v) is 18.9. The van der Waals surface area contributed by atoms with Crippen molar-refractivity contribution in [2.45, 2.75) is 57.4 Å². The van der Waals surface area contributed by atoms with Gasteiger partial charge in [-0.05, 0) is 25.0 Å². The second-order valence-corrected chi connectivity index (χ2v) is 8.25. The van der Waals surface area contributed by atoms with Crippen molar-refractivity contribution in [1.82, 2.24) is 0 Å². The molecule has 0 aromatic heterocycles. The molecule has 9 nitrogen and oxygen atoms in total. The van der Waals surface area contributed by atoms with E-state index >= 15 is 0 Å². The highest BCUT2D eigenvalue weighted by molar-refractivity contribution is 5.89. The second kappa shape index (κ2) is 11.4. The average molecular weight is 462 g/mol. The van der Waals surface area contributed by atoms with Crippen LogP contribution in [0.2, 0.25) is 0 Å². The SMILES string of the molecule is CO[C@H]1O[C@H](CO)[C@H](OC(=O)c2ccccc2)[C@@H]2OC(=O)[C@H](C)CC=CC[C@@H](C)C(=O)O[C@@H]12. The predicted octanol–water partition coefficient (Wildman–Crippen LogP) is 2.02. The summed E-state index contributed by atoms with van der Waals surface area (Å²) < 4.78 is 28.1. The van der Waals surface area contributed by atoms with Gasteiger partial charge >= 0.3 is 17.9 Å². The Labute approximate surface area is 192 Å². The number of aliphatic hydroxyl groups is 1. The van der Waals surface area contributed by atoms with E-state index in [1.807, 2.05) is 12.2 Å². The Morgan fingerprint density at radius 3 is 2.12 bits per heavy atom. The maximum atomic E-state index is 12.8. The summed E-state index contributed by atoms with van der Waals surface area (Å²) in [5.74, 6) is -2.76. The number of aliphatic hydroxyl groups excluding tert-OH is 1. The van der Waals surface area contributed by atoms with Gasteiger partial charge in [0.1, 0.15) is 6.10 Å². The van der Waals surface area contributed by atoms with Gasteiger partial charge in [0.05, 0.1) is 24.0 Å². The van der Waals surface area contributed by atoms with Crippen LogP contribution in [-0.4, -0.2) is 67.4 Å². The lowest BCUT2D eigenvalue weighted by Crippen LogP contribution is -2.63. The molecule has 1 N–H and O–H groups in total. The summed E-state index contributed by atoms with van der Waals surface area (Å²) in [6.07, 6.45) is -1.41. The number of benzene rings is 1. The fraction of sp³-hybridized carbons (Fsp3) is 0.542. The molecule has 0 bridgehead atoms. The van der Waals surface area contributed by atoms with Crippen molar-refractivity contribution in [3.05, 3.63) is 48.0 Å². The summed E-state index contributed by atoms with van der Waals surface area (Å²) in [5, 5.41) is 9.94. The standard InChI is InChI=1S/C24H30O9/c1-14-9-7-8-10-15(2)22(27)33-20-19(32-21(14)26)18(17(13-25)30-24(20)29-3)31-23(28)16-11-5-4-6-12-16/h4-8,11-12,14-15,17-20,24-25H,9-10,13H2,1-3H3/t14-,15-,17-,18+,19+,20-,24+/m1/s1. The molecule has 0 aliphatic carbocycles. The van der Waals surface area contributed by atoms with Gasteiger partial charge in [-0.2, -0.15) is 0 Å². The summed E-state index contributed by atoms with van der Waals surface area (Å²) in [6, 6.07) is 8.24. The molecule has 0 unspecified atom stereocenters. The summed E-state index contributed by atoms with van der Waals surface area (Å²) in [7, 11) is 1.34. The lowest BCUT2D eigenvalue weighted by atomic mass is 9.96. The minimum absolute atomic E-state index is 0.267. The van der Waals surface area contributed by atoms with E-state index in [4.69, 9.17) is 23.7 Å². The average Bonchev–Trinajstić information content (AvgIpc) is 2.83. The number of esters is 3. The number of carbonyl (C=O) groups excluding carboxylic acids is 3. The van der Waals surface area contributed by atoms with Crippen molar-refractivity contribution < 1.29 is 43.2 Å². The van der Waals surface area contributed by atoms with Crippen LogP contribution in [0.4, 0.5) is 0 Å². The molecule has 0 spiro atoms. The first-order valence-corrected chi connectivity index (χ1v) is 11.0. The van der Waals surface area contributed by atoms with E-state index in [0.29, 0.717) is 12.8 Å². The fourth-order valence-electron chi connectivity index (χ4n) is 3.68. The Balaban J connectivity index is 1.97. The van der Waals surface area contributed by atoms with Crippen LogP contribution in [0, 0.1) is 11.8 Å². The largest absolute Gasteiger partial charge is 0.454 e. The molecule has 9 heteroatoms. The van der Waals surface area contributed by atoms with E-state index in [-0.39, 0.29) is 5.56 Å². The molecule has 1 fully saturated rings. The number of carbonyl (C=O) groups is 3. The third kappa shape index (κ3) is 5.98. The maximum Gasteiger partial charge on any atom is 0.338 e. The van der Waals surface area contributed by atoms with Crippen LogP contribution in [0.15, 0.2) is 42.5 Å². The Hall–Kier alpha value is -2.75. The molecule has 7 atom stereocenters. The maximum absolute atomic E-state index is 12.8. The Bertz CT molecular complexity index is 853. The van der Waals surface area contributed by atoms with Crippen LogP contribution in [0.5, 0.6) is 0 Å². The van der Waals surface area contributed by atoms with Crippen molar-refractivity contribution in [2.75, 3.05) is 13.7 Å². The molecule has 2 aliphatic heterocycles. The van der Waals surface area contributed by atoms with Gasteiger partial charge in [-0.25, -0.2) is 4.79 Å². The van der Waals surface area contributed by atoms with E-state index in [9.17, 15) is 19.5 Å². The van der Waals surface area contributed by atoms with Gasteiger partial charge in [0.25, 0.3) is 0 Å².